The van der Waals surface area contributed by atoms with Crippen LogP contribution in [0.25, 0.3) is 0 Å². The van der Waals surface area contributed by atoms with E-state index in [9.17, 15) is 8.42 Å². The largest absolute Gasteiger partial charge is 0.481 e. The van der Waals surface area contributed by atoms with Crippen molar-refractivity contribution in [1.29, 1.82) is 0 Å². The number of pyridine rings is 1. The van der Waals surface area contributed by atoms with Crippen LogP contribution >= 0.6 is 0 Å². The highest BCUT2D eigenvalue weighted by atomic mass is 32.2. The number of hydrogen-bond donors (Lipinski definition) is 2. The molecule has 1 heterocycles. The van der Waals surface area contributed by atoms with Crippen LogP contribution in [0.2, 0.25) is 0 Å². The van der Waals surface area contributed by atoms with Crippen LogP contribution < -0.4 is 15.2 Å². The van der Waals surface area contributed by atoms with E-state index in [0.717, 1.165) is 5.69 Å². The maximum absolute atomic E-state index is 10.7. The monoisotopic (exact) mass is 259 g/mol. The second-order valence-electron chi connectivity index (χ2n) is 3.57. The summed E-state index contributed by atoms with van der Waals surface area (Å²) < 4.78 is 26.3. The van der Waals surface area contributed by atoms with Crippen LogP contribution in [0.3, 0.4) is 0 Å². The van der Waals surface area contributed by atoms with Gasteiger partial charge in [0.2, 0.25) is 15.9 Å². The van der Waals surface area contributed by atoms with Crippen molar-refractivity contribution in [2.75, 3.05) is 19.4 Å². The van der Waals surface area contributed by atoms with Gasteiger partial charge in [0.25, 0.3) is 0 Å². The summed E-state index contributed by atoms with van der Waals surface area (Å²) in [7, 11) is -1.79. The molecule has 1 aromatic heterocycles. The van der Waals surface area contributed by atoms with Gasteiger partial charge in [-0.05, 0) is 19.0 Å². The lowest BCUT2D eigenvalue weighted by atomic mass is 10.3. The first-order valence-corrected chi connectivity index (χ1v) is 6.94. The van der Waals surface area contributed by atoms with Crippen LogP contribution in [-0.4, -0.2) is 32.8 Å². The summed E-state index contributed by atoms with van der Waals surface area (Å²) >= 11 is 0. The van der Waals surface area contributed by atoms with E-state index in [0.29, 0.717) is 25.4 Å². The van der Waals surface area contributed by atoms with E-state index in [1.54, 1.807) is 13.2 Å². The highest BCUT2D eigenvalue weighted by Crippen LogP contribution is 2.05. The van der Waals surface area contributed by atoms with E-state index in [2.05, 4.69) is 10.3 Å². The van der Waals surface area contributed by atoms with Crippen LogP contribution in [0.4, 0.5) is 0 Å². The number of rotatable bonds is 7. The van der Waals surface area contributed by atoms with Gasteiger partial charge in [-0.25, -0.2) is 18.5 Å². The average molecular weight is 259 g/mol. The molecule has 0 fully saturated rings. The van der Waals surface area contributed by atoms with Gasteiger partial charge in [0.1, 0.15) is 0 Å². The molecule has 0 aliphatic carbocycles. The molecule has 1 rings (SSSR count). The number of ether oxygens (including phenoxy) is 1. The van der Waals surface area contributed by atoms with E-state index in [1.807, 2.05) is 12.1 Å². The van der Waals surface area contributed by atoms with Crippen LogP contribution in [0.1, 0.15) is 12.1 Å². The Balaban J connectivity index is 2.26. The lowest BCUT2D eigenvalue weighted by molar-refractivity contribution is 0.395. The Bertz CT molecular complexity index is 448. The fourth-order valence-electron chi connectivity index (χ4n) is 1.28. The number of nitrogens with two attached hydrogens (primary N) is 1. The number of nitrogens with one attached hydrogen (secondary N) is 1. The molecule has 3 N–H and O–H groups in total. The molecule has 0 aromatic carbocycles. The minimum absolute atomic E-state index is 0.00839. The summed E-state index contributed by atoms with van der Waals surface area (Å²) in [6.07, 6.45) is 0.489. The second-order valence-corrected chi connectivity index (χ2v) is 5.30. The van der Waals surface area contributed by atoms with Gasteiger partial charge in [-0.15, -0.1) is 0 Å². The van der Waals surface area contributed by atoms with Gasteiger partial charge in [-0.2, -0.15) is 0 Å². The van der Waals surface area contributed by atoms with Crippen LogP contribution in [0.15, 0.2) is 18.2 Å². The SMILES string of the molecule is COc1cccc(CNCCCS(N)(=O)=O)n1. The molecule has 96 valence electrons. The van der Waals surface area contributed by atoms with Crippen LogP contribution in [0.5, 0.6) is 5.88 Å². The summed E-state index contributed by atoms with van der Waals surface area (Å²) in [4.78, 5) is 4.21. The van der Waals surface area contributed by atoms with Gasteiger partial charge in [-0.3, -0.25) is 0 Å². The van der Waals surface area contributed by atoms with E-state index < -0.39 is 10.0 Å². The van der Waals surface area contributed by atoms with Gasteiger partial charge in [0.05, 0.1) is 18.6 Å². The quantitative estimate of drug-likeness (QED) is 0.665. The third kappa shape index (κ3) is 6.20. The molecule has 1 aromatic rings. The van der Waals surface area contributed by atoms with Crippen molar-refractivity contribution in [3.05, 3.63) is 23.9 Å². The molecule has 6 nitrogen and oxygen atoms in total. The molecule has 0 saturated carbocycles. The highest BCUT2D eigenvalue weighted by molar-refractivity contribution is 7.89. The molecule has 0 spiro atoms. The molecule has 0 aliphatic heterocycles. The molecule has 0 amide bonds. The first kappa shape index (κ1) is 13.9. The molecule has 7 heteroatoms. The Morgan fingerprint density at radius 1 is 1.47 bits per heavy atom. The number of methoxy groups -OCH3 is 1. The van der Waals surface area contributed by atoms with E-state index in [4.69, 9.17) is 9.88 Å². The second kappa shape index (κ2) is 6.53. The minimum atomic E-state index is -3.36. The van der Waals surface area contributed by atoms with Crippen molar-refractivity contribution in [3.63, 3.8) is 0 Å². The van der Waals surface area contributed by atoms with Crippen molar-refractivity contribution in [3.8, 4) is 5.88 Å². The van der Waals surface area contributed by atoms with Gasteiger partial charge in [-0.1, -0.05) is 6.07 Å². The number of sulfonamides is 1. The number of primary sulfonamides is 1. The first-order valence-electron chi connectivity index (χ1n) is 5.22. The van der Waals surface area contributed by atoms with Crippen molar-refractivity contribution in [2.24, 2.45) is 5.14 Å². The predicted octanol–water partition coefficient (Wildman–Crippen LogP) is -0.142. The van der Waals surface area contributed by atoms with Gasteiger partial charge in [0, 0.05) is 12.6 Å². The zero-order chi connectivity index (χ0) is 12.7. The molecule has 0 unspecified atom stereocenters. The normalized spacial score (nSPS) is 11.4. The van der Waals surface area contributed by atoms with E-state index in [1.165, 1.54) is 0 Å². The van der Waals surface area contributed by atoms with Crippen LogP contribution in [0, 0.1) is 0 Å². The molecular formula is C10H17N3O3S. The first-order chi connectivity index (χ1) is 8.01. The molecule has 0 aliphatic rings. The number of nitrogens with zero attached hydrogens (tertiary/aromatic N) is 1. The summed E-state index contributed by atoms with van der Waals surface area (Å²) in [6.45, 7) is 1.15. The molecule has 0 radical (unpaired) electrons. The van der Waals surface area contributed by atoms with Gasteiger partial charge < -0.3 is 10.1 Å². The van der Waals surface area contributed by atoms with Crippen molar-refractivity contribution in [2.45, 2.75) is 13.0 Å². The molecule has 0 saturated heterocycles. The summed E-state index contributed by atoms with van der Waals surface area (Å²) in [6, 6.07) is 5.49. The fraction of sp³-hybridized carbons (Fsp3) is 0.500. The summed E-state index contributed by atoms with van der Waals surface area (Å²) in [5.41, 5.74) is 0.847. The minimum Gasteiger partial charge on any atom is -0.481 e. The maximum Gasteiger partial charge on any atom is 0.213 e. The third-order valence-electron chi connectivity index (χ3n) is 2.08. The van der Waals surface area contributed by atoms with Crippen LogP contribution in [-0.2, 0) is 16.6 Å². The third-order valence-corrected chi connectivity index (χ3v) is 2.94. The standard InChI is InChI=1S/C10H17N3O3S/c1-16-10-5-2-4-9(13-10)8-12-6-3-7-17(11,14)15/h2,4-5,12H,3,6-8H2,1H3,(H2,11,14,15). The lowest BCUT2D eigenvalue weighted by Gasteiger charge is -2.05. The number of hydrogen-bond acceptors (Lipinski definition) is 5. The maximum atomic E-state index is 10.7. The summed E-state index contributed by atoms with van der Waals surface area (Å²) in [5.74, 6) is 0.555. The van der Waals surface area contributed by atoms with Crippen molar-refractivity contribution in [1.82, 2.24) is 10.3 Å². The Morgan fingerprint density at radius 3 is 2.88 bits per heavy atom. The van der Waals surface area contributed by atoms with Crippen molar-refractivity contribution < 1.29 is 13.2 Å². The highest BCUT2D eigenvalue weighted by Gasteiger charge is 2.01. The van der Waals surface area contributed by atoms with E-state index in [-0.39, 0.29) is 5.75 Å². The van der Waals surface area contributed by atoms with Gasteiger partial charge in [0.15, 0.2) is 0 Å². The summed E-state index contributed by atoms with van der Waals surface area (Å²) in [5, 5.41) is 7.97. The zero-order valence-corrected chi connectivity index (χ0v) is 10.5. The van der Waals surface area contributed by atoms with E-state index >= 15 is 0 Å². The molecule has 0 bridgehead atoms. The molecule has 17 heavy (non-hydrogen) atoms. The average Bonchev–Trinajstić information content (AvgIpc) is 2.27. The van der Waals surface area contributed by atoms with Gasteiger partial charge >= 0.3 is 0 Å². The fourth-order valence-corrected chi connectivity index (χ4v) is 1.83. The molecular weight excluding hydrogens is 242 g/mol. The molecule has 0 atom stereocenters. The zero-order valence-electron chi connectivity index (χ0n) is 9.72. The lowest BCUT2D eigenvalue weighted by Crippen LogP contribution is -2.22. The Hall–Kier alpha value is -1.18. The smallest absolute Gasteiger partial charge is 0.213 e. The van der Waals surface area contributed by atoms with Crippen molar-refractivity contribution >= 4 is 10.0 Å². The Kier molecular flexibility index (Phi) is 5.33. The number of aromatic nitrogens is 1. The Morgan fingerprint density at radius 2 is 2.24 bits per heavy atom. The predicted molar refractivity (Wildman–Crippen MR) is 65.1 cm³/mol. The topological polar surface area (TPSA) is 94.3 Å². The Labute approximate surface area is 101 Å².